The molecule has 104 valence electrons. The number of anilines is 1. The Morgan fingerprint density at radius 3 is 3.00 bits per heavy atom. The number of carbonyl (C=O) groups excluding carboxylic acids is 1. The van der Waals surface area contributed by atoms with E-state index in [1.165, 1.54) is 16.2 Å². The number of rotatable bonds is 2. The molecule has 2 aromatic rings. The molecule has 3 rings (SSSR count). The van der Waals surface area contributed by atoms with E-state index in [9.17, 15) is 9.59 Å². The maximum atomic E-state index is 12.4. The van der Waals surface area contributed by atoms with Crippen molar-refractivity contribution in [2.24, 2.45) is 0 Å². The summed E-state index contributed by atoms with van der Waals surface area (Å²) in [7, 11) is 0. The lowest BCUT2D eigenvalue weighted by molar-refractivity contribution is -0.141. The van der Waals surface area contributed by atoms with Crippen molar-refractivity contribution in [2.75, 3.05) is 12.3 Å². The number of nitrogens with two attached hydrogens (primary N) is 1. The van der Waals surface area contributed by atoms with Crippen LogP contribution in [0.15, 0.2) is 18.2 Å². The molecule has 3 N–H and O–H groups in total. The molecule has 1 aromatic carbocycles. The number of nitrogens with zero attached hydrogens (tertiary/aromatic N) is 2. The minimum absolute atomic E-state index is 0.247. The van der Waals surface area contributed by atoms with Crippen molar-refractivity contribution in [3.05, 3.63) is 23.8 Å². The van der Waals surface area contributed by atoms with E-state index in [4.69, 9.17) is 10.8 Å². The molecule has 1 aromatic heterocycles. The second-order valence-corrected chi connectivity index (χ2v) is 5.79. The van der Waals surface area contributed by atoms with Gasteiger partial charge in [0.25, 0.3) is 5.91 Å². The van der Waals surface area contributed by atoms with Gasteiger partial charge < -0.3 is 15.7 Å². The molecule has 0 saturated carbocycles. The van der Waals surface area contributed by atoms with Gasteiger partial charge in [0.1, 0.15) is 6.04 Å². The van der Waals surface area contributed by atoms with E-state index in [0.29, 0.717) is 23.7 Å². The largest absolute Gasteiger partial charge is 0.480 e. The van der Waals surface area contributed by atoms with Gasteiger partial charge in [-0.15, -0.1) is 0 Å². The average Bonchev–Trinajstić information content (AvgIpc) is 3.01. The zero-order chi connectivity index (χ0) is 14.3. The number of thiazole rings is 1. The molecule has 20 heavy (non-hydrogen) atoms. The van der Waals surface area contributed by atoms with Gasteiger partial charge in [0, 0.05) is 12.1 Å². The summed E-state index contributed by atoms with van der Waals surface area (Å²) in [4.78, 5) is 29.1. The molecule has 1 amide bonds. The van der Waals surface area contributed by atoms with Crippen LogP contribution in [0.4, 0.5) is 5.13 Å². The molecule has 0 spiro atoms. The summed E-state index contributed by atoms with van der Waals surface area (Å²) in [6.07, 6.45) is 1.23. The molecule has 0 aliphatic carbocycles. The SMILES string of the molecule is Nc1nc2ccc(C(=O)N3CCC[C@@H]3C(=O)O)cc2s1. The number of nitrogen functional groups attached to an aromatic ring is 1. The Morgan fingerprint density at radius 1 is 1.45 bits per heavy atom. The summed E-state index contributed by atoms with van der Waals surface area (Å²) in [5, 5.41) is 9.59. The predicted octanol–water partition coefficient (Wildman–Crippen LogP) is 1.57. The van der Waals surface area contributed by atoms with Gasteiger partial charge in [0.2, 0.25) is 0 Å². The van der Waals surface area contributed by atoms with Crippen molar-refractivity contribution in [3.8, 4) is 0 Å². The van der Waals surface area contributed by atoms with Crippen LogP contribution < -0.4 is 5.73 Å². The zero-order valence-corrected chi connectivity index (χ0v) is 11.4. The number of carbonyl (C=O) groups is 2. The molecule has 0 bridgehead atoms. The van der Waals surface area contributed by atoms with Gasteiger partial charge in [-0.1, -0.05) is 11.3 Å². The number of amides is 1. The number of hydrogen-bond acceptors (Lipinski definition) is 5. The van der Waals surface area contributed by atoms with E-state index >= 15 is 0 Å². The van der Waals surface area contributed by atoms with E-state index in [0.717, 1.165) is 16.6 Å². The fraction of sp³-hybridized carbons (Fsp3) is 0.308. The predicted molar refractivity (Wildman–Crippen MR) is 75.7 cm³/mol. The third kappa shape index (κ3) is 2.09. The van der Waals surface area contributed by atoms with E-state index in [-0.39, 0.29) is 5.91 Å². The Morgan fingerprint density at radius 2 is 2.25 bits per heavy atom. The van der Waals surface area contributed by atoms with E-state index in [1.54, 1.807) is 18.2 Å². The molecule has 1 aliphatic heterocycles. The molecule has 1 saturated heterocycles. The van der Waals surface area contributed by atoms with Crippen LogP contribution >= 0.6 is 11.3 Å². The minimum Gasteiger partial charge on any atom is -0.480 e. The van der Waals surface area contributed by atoms with Gasteiger partial charge in [-0.2, -0.15) is 0 Å². The first-order chi connectivity index (χ1) is 9.56. The Balaban J connectivity index is 1.93. The van der Waals surface area contributed by atoms with Crippen molar-refractivity contribution in [1.29, 1.82) is 0 Å². The van der Waals surface area contributed by atoms with Crippen LogP contribution in [0.25, 0.3) is 10.2 Å². The maximum absolute atomic E-state index is 12.4. The van der Waals surface area contributed by atoms with Crippen LogP contribution in [0.5, 0.6) is 0 Å². The number of likely N-dealkylation sites (tertiary alicyclic amines) is 1. The van der Waals surface area contributed by atoms with Crippen LogP contribution in [0.3, 0.4) is 0 Å². The Kier molecular flexibility index (Phi) is 3.06. The summed E-state index contributed by atoms with van der Waals surface area (Å²) in [5.74, 6) is -1.19. The number of benzene rings is 1. The Hall–Kier alpha value is -2.15. The summed E-state index contributed by atoms with van der Waals surface area (Å²) < 4.78 is 0.833. The molecule has 2 heterocycles. The van der Waals surface area contributed by atoms with Crippen molar-refractivity contribution in [2.45, 2.75) is 18.9 Å². The van der Waals surface area contributed by atoms with Crippen LogP contribution in [-0.4, -0.2) is 39.5 Å². The van der Waals surface area contributed by atoms with E-state index < -0.39 is 12.0 Å². The molecule has 1 aliphatic rings. The van der Waals surface area contributed by atoms with Gasteiger partial charge in [-0.25, -0.2) is 9.78 Å². The zero-order valence-electron chi connectivity index (χ0n) is 10.6. The second-order valence-electron chi connectivity index (χ2n) is 4.73. The van der Waals surface area contributed by atoms with E-state index in [2.05, 4.69) is 4.98 Å². The van der Waals surface area contributed by atoms with Crippen LogP contribution in [-0.2, 0) is 4.79 Å². The maximum Gasteiger partial charge on any atom is 0.326 e. The highest BCUT2D eigenvalue weighted by Gasteiger charge is 2.34. The fourth-order valence-corrected chi connectivity index (χ4v) is 3.28. The first-order valence-corrected chi connectivity index (χ1v) is 7.08. The summed E-state index contributed by atoms with van der Waals surface area (Å²) in [6, 6.07) is 4.41. The number of aliphatic carboxylic acids is 1. The molecule has 7 heteroatoms. The summed E-state index contributed by atoms with van der Waals surface area (Å²) >= 11 is 1.31. The molecule has 0 radical (unpaired) electrons. The molecular weight excluding hydrogens is 278 g/mol. The topological polar surface area (TPSA) is 96.5 Å². The number of fused-ring (bicyclic) bond motifs is 1. The normalized spacial score (nSPS) is 18.6. The second kappa shape index (κ2) is 4.75. The average molecular weight is 291 g/mol. The van der Waals surface area contributed by atoms with Crippen LogP contribution in [0, 0.1) is 0 Å². The summed E-state index contributed by atoms with van der Waals surface area (Å²) in [5.41, 5.74) is 6.87. The molecular formula is C13H13N3O3S. The first-order valence-electron chi connectivity index (χ1n) is 6.26. The van der Waals surface area contributed by atoms with Gasteiger partial charge in [0.15, 0.2) is 5.13 Å². The highest BCUT2D eigenvalue weighted by Crippen LogP contribution is 2.26. The van der Waals surface area contributed by atoms with Gasteiger partial charge in [-0.05, 0) is 31.0 Å². The van der Waals surface area contributed by atoms with Crippen molar-refractivity contribution in [1.82, 2.24) is 9.88 Å². The summed E-state index contributed by atoms with van der Waals surface area (Å²) in [6.45, 7) is 0.485. The highest BCUT2D eigenvalue weighted by atomic mass is 32.1. The number of carboxylic acids is 1. The fourth-order valence-electron chi connectivity index (χ4n) is 2.51. The monoisotopic (exact) mass is 291 g/mol. The molecule has 6 nitrogen and oxygen atoms in total. The Labute approximate surface area is 118 Å². The van der Waals surface area contributed by atoms with Crippen LogP contribution in [0.1, 0.15) is 23.2 Å². The Bertz CT molecular complexity index is 697. The quantitative estimate of drug-likeness (QED) is 0.875. The highest BCUT2D eigenvalue weighted by molar-refractivity contribution is 7.22. The lowest BCUT2D eigenvalue weighted by Crippen LogP contribution is -2.40. The van der Waals surface area contributed by atoms with Crippen molar-refractivity contribution < 1.29 is 14.7 Å². The van der Waals surface area contributed by atoms with Gasteiger partial charge in [0.05, 0.1) is 10.2 Å². The van der Waals surface area contributed by atoms with Gasteiger partial charge in [-0.3, -0.25) is 4.79 Å². The number of aromatic nitrogens is 1. The standard InChI is InChI=1S/C13H13N3O3S/c14-13-15-8-4-3-7(6-10(8)20-13)11(17)16-5-1-2-9(16)12(18)19/h3-4,6,9H,1-2,5H2,(H2,14,15)(H,18,19)/t9-/m1/s1. The van der Waals surface area contributed by atoms with Crippen molar-refractivity contribution in [3.63, 3.8) is 0 Å². The van der Waals surface area contributed by atoms with Crippen LogP contribution in [0.2, 0.25) is 0 Å². The molecule has 0 unspecified atom stereocenters. The third-order valence-corrected chi connectivity index (χ3v) is 4.30. The minimum atomic E-state index is -0.945. The lowest BCUT2D eigenvalue weighted by atomic mass is 10.1. The molecule has 1 fully saturated rings. The van der Waals surface area contributed by atoms with Crippen molar-refractivity contribution >= 4 is 38.6 Å². The number of carboxylic acid groups (broad SMARTS) is 1. The first kappa shape index (κ1) is 12.9. The number of hydrogen-bond donors (Lipinski definition) is 2. The third-order valence-electron chi connectivity index (χ3n) is 3.45. The van der Waals surface area contributed by atoms with Gasteiger partial charge >= 0.3 is 5.97 Å². The molecule has 1 atom stereocenters. The van der Waals surface area contributed by atoms with E-state index in [1.807, 2.05) is 0 Å². The smallest absolute Gasteiger partial charge is 0.326 e. The lowest BCUT2D eigenvalue weighted by Gasteiger charge is -2.21.